The molecule has 8 heteroatoms. The maximum atomic E-state index is 12.4. The Kier molecular flexibility index (Phi) is 9.59. The largest absolute Gasteiger partial charge is 0.492 e. The van der Waals surface area contributed by atoms with Gasteiger partial charge in [0.15, 0.2) is 5.11 Å². The van der Waals surface area contributed by atoms with E-state index in [0.29, 0.717) is 28.0 Å². The summed E-state index contributed by atoms with van der Waals surface area (Å²) in [7, 11) is 0. The lowest BCUT2D eigenvalue weighted by Crippen LogP contribution is -2.48. The van der Waals surface area contributed by atoms with Crippen LogP contribution < -0.4 is 20.9 Å². The normalized spacial score (nSPS) is 10.1. The van der Waals surface area contributed by atoms with Crippen LogP contribution in [0.4, 0.5) is 0 Å². The molecule has 0 bridgehead atoms. The topological polar surface area (TPSA) is 79.5 Å². The fourth-order valence-electron chi connectivity index (χ4n) is 2.45. The molecular weight excluding hydrogens is 454 g/mol. The maximum Gasteiger partial charge on any atom is 0.269 e. The lowest BCUT2D eigenvalue weighted by Gasteiger charge is -2.12. The number of hydrazine groups is 1. The van der Waals surface area contributed by atoms with Crippen molar-refractivity contribution in [2.24, 2.45) is 0 Å². The molecule has 3 N–H and O–H groups in total. The molecular formula is C21H24BrN3O3S. The summed E-state index contributed by atoms with van der Waals surface area (Å²) in [4.78, 5) is 24.3. The van der Waals surface area contributed by atoms with Crippen LogP contribution in [0.5, 0.6) is 5.75 Å². The Morgan fingerprint density at radius 3 is 2.41 bits per heavy atom. The van der Waals surface area contributed by atoms with Crippen molar-refractivity contribution in [1.82, 2.24) is 16.2 Å². The molecule has 0 aromatic heterocycles. The average molecular weight is 478 g/mol. The highest BCUT2D eigenvalue weighted by atomic mass is 79.9. The minimum Gasteiger partial charge on any atom is -0.492 e. The number of nitrogens with one attached hydrogen (secondary N) is 3. The van der Waals surface area contributed by atoms with Gasteiger partial charge in [-0.25, -0.2) is 0 Å². The maximum absolute atomic E-state index is 12.4. The first-order chi connectivity index (χ1) is 14.0. The summed E-state index contributed by atoms with van der Waals surface area (Å²) in [6.07, 6.45) is 4.51. The Bertz CT molecular complexity index is 846. The van der Waals surface area contributed by atoms with Crippen molar-refractivity contribution in [2.75, 3.05) is 6.61 Å². The zero-order valence-corrected chi connectivity index (χ0v) is 18.6. The molecule has 0 saturated heterocycles. The Morgan fingerprint density at radius 2 is 1.72 bits per heavy atom. The molecule has 0 unspecified atom stereocenters. The number of amides is 2. The number of hydrogen-bond donors (Lipinski definition) is 3. The smallest absolute Gasteiger partial charge is 0.269 e. The monoisotopic (exact) mass is 477 g/mol. The Hall–Kier alpha value is -2.45. The molecule has 0 fully saturated rings. The lowest BCUT2D eigenvalue weighted by molar-refractivity contribution is 0.0934. The molecule has 0 saturated carbocycles. The highest BCUT2D eigenvalue weighted by Gasteiger charge is 2.12. The molecule has 6 nitrogen and oxygen atoms in total. The Morgan fingerprint density at radius 1 is 0.966 bits per heavy atom. The van der Waals surface area contributed by atoms with E-state index in [-0.39, 0.29) is 11.0 Å². The SMILES string of the molecule is CCCCCCOc1ccc(C(=O)NC(=S)NNC(=O)c2ccccc2)cc1Br. The van der Waals surface area contributed by atoms with Crippen LogP contribution >= 0.6 is 28.1 Å². The average Bonchev–Trinajstić information content (AvgIpc) is 2.73. The van der Waals surface area contributed by atoms with Crippen molar-refractivity contribution in [1.29, 1.82) is 0 Å². The standard InChI is InChI=1S/C21H24BrN3O3S/c1-2-3-4-8-13-28-18-12-11-16(14-17(18)22)19(26)23-21(29)25-24-20(27)15-9-6-5-7-10-15/h5-7,9-12,14H,2-4,8,13H2,1H3,(H,24,27)(H2,23,25,26,29). The number of unbranched alkanes of at least 4 members (excludes halogenated alkanes) is 3. The number of ether oxygens (including phenoxy) is 1. The van der Waals surface area contributed by atoms with Crippen LogP contribution in [0.15, 0.2) is 53.0 Å². The van der Waals surface area contributed by atoms with E-state index in [1.165, 1.54) is 12.8 Å². The number of hydrogen-bond acceptors (Lipinski definition) is 4. The summed E-state index contributed by atoms with van der Waals surface area (Å²) in [5.41, 5.74) is 5.84. The van der Waals surface area contributed by atoms with E-state index in [2.05, 4.69) is 39.0 Å². The van der Waals surface area contributed by atoms with E-state index in [0.717, 1.165) is 12.8 Å². The predicted molar refractivity (Wildman–Crippen MR) is 121 cm³/mol. The highest BCUT2D eigenvalue weighted by molar-refractivity contribution is 9.10. The van der Waals surface area contributed by atoms with Gasteiger partial charge in [-0.3, -0.25) is 25.8 Å². The van der Waals surface area contributed by atoms with Gasteiger partial charge in [-0.1, -0.05) is 44.4 Å². The zero-order valence-electron chi connectivity index (χ0n) is 16.2. The van der Waals surface area contributed by atoms with Gasteiger partial charge in [0.1, 0.15) is 5.75 Å². The van der Waals surface area contributed by atoms with Gasteiger partial charge in [0, 0.05) is 11.1 Å². The van der Waals surface area contributed by atoms with Crippen molar-refractivity contribution < 1.29 is 14.3 Å². The van der Waals surface area contributed by atoms with E-state index in [9.17, 15) is 9.59 Å². The summed E-state index contributed by atoms with van der Waals surface area (Å²) >= 11 is 8.48. The van der Waals surface area contributed by atoms with E-state index in [4.69, 9.17) is 17.0 Å². The molecule has 2 aromatic rings. The summed E-state index contributed by atoms with van der Waals surface area (Å²) in [5.74, 6) is -0.0640. The molecule has 29 heavy (non-hydrogen) atoms. The van der Waals surface area contributed by atoms with Gasteiger partial charge in [0.2, 0.25) is 0 Å². The van der Waals surface area contributed by atoms with Crippen molar-refractivity contribution in [3.05, 3.63) is 64.1 Å². The number of benzene rings is 2. The fourth-order valence-corrected chi connectivity index (χ4v) is 3.09. The molecule has 2 rings (SSSR count). The van der Waals surface area contributed by atoms with Gasteiger partial charge in [0.05, 0.1) is 11.1 Å². The van der Waals surface area contributed by atoms with Crippen LogP contribution in [0.1, 0.15) is 53.3 Å². The van der Waals surface area contributed by atoms with Crippen LogP contribution in [-0.4, -0.2) is 23.5 Å². The van der Waals surface area contributed by atoms with Gasteiger partial charge < -0.3 is 4.74 Å². The van der Waals surface area contributed by atoms with Gasteiger partial charge in [-0.2, -0.15) is 0 Å². The summed E-state index contributed by atoms with van der Waals surface area (Å²) < 4.78 is 6.43. The van der Waals surface area contributed by atoms with Crippen molar-refractivity contribution in [2.45, 2.75) is 32.6 Å². The first kappa shape index (κ1) is 22.8. The van der Waals surface area contributed by atoms with Crippen molar-refractivity contribution >= 4 is 45.1 Å². The first-order valence-electron chi connectivity index (χ1n) is 9.40. The molecule has 0 spiro atoms. The molecule has 0 aliphatic rings. The molecule has 0 radical (unpaired) electrons. The number of halogens is 1. The number of rotatable bonds is 8. The number of carbonyl (C=O) groups excluding carboxylic acids is 2. The summed E-state index contributed by atoms with van der Waals surface area (Å²) in [5, 5.41) is 2.51. The third kappa shape index (κ3) is 7.83. The second-order valence-electron chi connectivity index (χ2n) is 6.28. The second kappa shape index (κ2) is 12.2. The van der Waals surface area contributed by atoms with Crippen LogP contribution in [-0.2, 0) is 0 Å². The minimum absolute atomic E-state index is 0.00773. The van der Waals surface area contributed by atoms with Gasteiger partial charge in [-0.15, -0.1) is 0 Å². The van der Waals surface area contributed by atoms with E-state index < -0.39 is 5.91 Å². The molecule has 2 amide bonds. The molecule has 0 heterocycles. The summed E-state index contributed by atoms with van der Waals surface area (Å²) in [6, 6.07) is 13.7. The van der Waals surface area contributed by atoms with Gasteiger partial charge in [0.25, 0.3) is 11.8 Å². The van der Waals surface area contributed by atoms with Crippen LogP contribution in [0.2, 0.25) is 0 Å². The lowest BCUT2D eigenvalue weighted by atomic mass is 10.2. The summed E-state index contributed by atoms with van der Waals surface area (Å²) in [6.45, 7) is 2.80. The first-order valence-corrected chi connectivity index (χ1v) is 10.6. The number of carbonyl (C=O) groups is 2. The van der Waals surface area contributed by atoms with Crippen molar-refractivity contribution in [3.63, 3.8) is 0 Å². The Labute approximate surface area is 184 Å². The van der Waals surface area contributed by atoms with Gasteiger partial charge in [-0.05, 0) is 64.9 Å². The van der Waals surface area contributed by atoms with Crippen LogP contribution in [0, 0.1) is 0 Å². The molecule has 0 aliphatic heterocycles. The molecule has 154 valence electrons. The Balaban J connectivity index is 1.81. The van der Waals surface area contributed by atoms with Crippen molar-refractivity contribution in [3.8, 4) is 5.75 Å². The molecule has 2 aromatic carbocycles. The van der Waals surface area contributed by atoms with E-state index in [1.54, 1.807) is 42.5 Å². The molecule has 0 aliphatic carbocycles. The van der Waals surface area contributed by atoms with E-state index in [1.807, 2.05) is 6.07 Å². The second-order valence-corrected chi connectivity index (χ2v) is 7.55. The third-order valence-electron chi connectivity index (χ3n) is 4.00. The minimum atomic E-state index is -0.397. The molecule has 0 atom stereocenters. The predicted octanol–water partition coefficient (Wildman–Crippen LogP) is 4.36. The third-order valence-corrected chi connectivity index (χ3v) is 4.83. The quantitative estimate of drug-likeness (QED) is 0.299. The van der Waals surface area contributed by atoms with Crippen LogP contribution in [0.3, 0.4) is 0 Å². The van der Waals surface area contributed by atoms with E-state index >= 15 is 0 Å². The van der Waals surface area contributed by atoms with Crippen LogP contribution in [0.25, 0.3) is 0 Å². The highest BCUT2D eigenvalue weighted by Crippen LogP contribution is 2.26. The van der Waals surface area contributed by atoms with Gasteiger partial charge >= 0.3 is 0 Å². The zero-order chi connectivity index (χ0) is 21.1. The fraction of sp³-hybridized carbons (Fsp3) is 0.286. The number of thiocarbonyl (C=S) groups is 1.